The molecule has 0 bridgehead atoms. The maximum absolute atomic E-state index is 12.2. The molecule has 0 aliphatic carbocycles. The first-order valence-corrected chi connectivity index (χ1v) is 14.5. The summed E-state index contributed by atoms with van der Waals surface area (Å²) in [7, 11) is 3.99. The van der Waals surface area contributed by atoms with Crippen LogP contribution in [0, 0.1) is 0 Å². The summed E-state index contributed by atoms with van der Waals surface area (Å²) in [5, 5.41) is 19.3. The number of β-amino-alcohol motifs (C(OH)–C–C–N with tert-alkyl or cyclic N) is 2. The maximum atomic E-state index is 12.2. The Morgan fingerprint density at radius 2 is 1.50 bits per heavy atom. The van der Waals surface area contributed by atoms with Gasteiger partial charge in [-0.3, -0.25) is 9.69 Å². The topological polar surface area (TPSA) is 192 Å². The third-order valence-corrected chi connectivity index (χ3v) is 7.35. The van der Waals surface area contributed by atoms with Gasteiger partial charge in [0, 0.05) is 20.6 Å². The highest BCUT2D eigenvalue weighted by molar-refractivity contribution is 6.06. The summed E-state index contributed by atoms with van der Waals surface area (Å²) in [6, 6.07) is 4.50. The van der Waals surface area contributed by atoms with Crippen molar-refractivity contribution in [1.82, 2.24) is 23.5 Å². The Labute approximate surface area is 265 Å². The van der Waals surface area contributed by atoms with Gasteiger partial charge in [-0.25, -0.2) is 37.7 Å². The number of hydrogen-bond donors (Lipinski definition) is 2. The summed E-state index contributed by atoms with van der Waals surface area (Å²) >= 11 is 0. The fourth-order valence-electron chi connectivity index (χ4n) is 4.32. The van der Waals surface area contributed by atoms with Gasteiger partial charge in [0.2, 0.25) is 6.79 Å². The van der Waals surface area contributed by atoms with Crippen molar-refractivity contribution >= 4 is 17.9 Å². The summed E-state index contributed by atoms with van der Waals surface area (Å²) in [5.41, 5.74) is -2.39. The smallest absolute Gasteiger partial charge is 0.337 e. The van der Waals surface area contributed by atoms with Gasteiger partial charge in [0.15, 0.2) is 11.5 Å². The molecule has 2 aliphatic heterocycles. The molecule has 1 saturated heterocycles. The molecule has 2 aromatic rings. The molecule has 2 atom stereocenters. The number of carbonyl (C=O) groups excluding carboxylic acids is 3. The number of aliphatic hydroxyl groups is 2. The molecule has 0 saturated carbocycles. The lowest BCUT2D eigenvalue weighted by molar-refractivity contribution is -0.133. The van der Waals surface area contributed by atoms with E-state index in [4.69, 9.17) is 9.47 Å². The second-order valence-electron chi connectivity index (χ2n) is 10.9. The number of nitrogens with zero attached hydrogens (tertiary/aromatic N) is 5. The number of aliphatic hydroxyl groups excluding tert-OH is 2. The number of allylic oxidation sites excluding steroid dienone is 1. The molecule has 2 aliphatic rings. The van der Waals surface area contributed by atoms with Crippen molar-refractivity contribution in [1.29, 1.82) is 0 Å². The van der Waals surface area contributed by atoms with Crippen molar-refractivity contribution in [2.45, 2.75) is 64.8 Å². The van der Waals surface area contributed by atoms with E-state index in [0.29, 0.717) is 29.9 Å². The average molecular weight is 650 g/mol. The highest BCUT2D eigenvalue weighted by atomic mass is 16.7. The minimum Gasteiger partial charge on any atom is -0.465 e. The SMILES string of the molecule is C=CCn1c(=O)n(C)c(=O)n(C)c1=O.CCC(O)CN1C(=O)N(CC(O)CC)C(C)(C)C1=O.COC(=O)c1ccc2c(c1)OCO2. The number of amides is 3. The van der Waals surface area contributed by atoms with E-state index in [-0.39, 0.29) is 38.3 Å². The molecule has 16 nitrogen and oxygen atoms in total. The minimum atomic E-state index is -0.972. The lowest BCUT2D eigenvalue weighted by Crippen LogP contribution is -2.52. The largest absolute Gasteiger partial charge is 0.465 e. The van der Waals surface area contributed by atoms with E-state index < -0.39 is 40.8 Å². The second-order valence-corrected chi connectivity index (χ2v) is 10.9. The molecule has 2 unspecified atom stereocenters. The average Bonchev–Trinajstić information content (AvgIpc) is 3.58. The molecule has 0 spiro atoms. The molecule has 254 valence electrons. The number of esters is 1. The quantitative estimate of drug-likeness (QED) is 0.214. The Morgan fingerprint density at radius 3 is 2.02 bits per heavy atom. The lowest BCUT2D eigenvalue weighted by atomic mass is 10.0. The zero-order chi connectivity index (χ0) is 34.9. The fraction of sp³-hybridized carbons (Fsp3) is 0.533. The Balaban J connectivity index is 0.000000245. The Kier molecular flexibility index (Phi) is 13.1. The highest BCUT2D eigenvalue weighted by Crippen LogP contribution is 2.32. The number of imide groups is 1. The van der Waals surface area contributed by atoms with Gasteiger partial charge in [0.1, 0.15) is 5.54 Å². The molecule has 0 radical (unpaired) electrons. The normalized spacial score (nSPS) is 15.8. The van der Waals surface area contributed by atoms with E-state index in [1.807, 2.05) is 6.92 Å². The van der Waals surface area contributed by atoms with Crippen LogP contribution in [0.4, 0.5) is 4.79 Å². The van der Waals surface area contributed by atoms with Gasteiger partial charge in [0.05, 0.1) is 38.0 Å². The molecule has 16 heteroatoms. The van der Waals surface area contributed by atoms with Crippen LogP contribution in [0.1, 0.15) is 50.9 Å². The minimum absolute atomic E-state index is 0.0102. The number of rotatable bonds is 9. The van der Waals surface area contributed by atoms with Gasteiger partial charge in [-0.1, -0.05) is 19.9 Å². The van der Waals surface area contributed by atoms with E-state index in [1.165, 1.54) is 32.2 Å². The monoisotopic (exact) mass is 649 g/mol. The number of benzene rings is 1. The van der Waals surface area contributed by atoms with Crippen molar-refractivity contribution in [2.75, 3.05) is 27.0 Å². The number of carbonyl (C=O) groups is 3. The van der Waals surface area contributed by atoms with Crippen LogP contribution < -0.4 is 26.5 Å². The van der Waals surface area contributed by atoms with Crippen molar-refractivity contribution in [3.8, 4) is 11.5 Å². The number of hydrogen-bond acceptors (Lipinski definition) is 11. The molecule has 4 rings (SSSR count). The van der Waals surface area contributed by atoms with Gasteiger partial charge < -0.3 is 29.3 Å². The number of ether oxygens (including phenoxy) is 3. The van der Waals surface area contributed by atoms with Crippen LogP contribution in [0.2, 0.25) is 0 Å². The van der Waals surface area contributed by atoms with E-state index in [0.717, 1.165) is 18.6 Å². The van der Waals surface area contributed by atoms with E-state index in [2.05, 4.69) is 11.3 Å². The zero-order valence-electron chi connectivity index (χ0n) is 27.2. The van der Waals surface area contributed by atoms with Crippen LogP contribution in [-0.2, 0) is 30.2 Å². The Bertz CT molecular complexity index is 1570. The predicted octanol–water partition coefficient (Wildman–Crippen LogP) is 0.205. The number of aromatic nitrogens is 3. The van der Waals surface area contributed by atoms with Gasteiger partial charge in [-0.2, -0.15) is 0 Å². The summed E-state index contributed by atoms with van der Waals surface area (Å²) in [6.07, 6.45) is 1.07. The van der Waals surface area contributed by atoms with Crippen LogP contribution >= 0.6 is 0 Å². The summed E-state index contributed by atoms with van der Waals surface area (Å²) < 4.78 is 17.5. The predicted molar refractivity (Wildman–Crippen MR) is 166 cm³/mol. The third-order valence-electron chi connectivity index (χ3n) is 7.35. The van der Waals surface area contributed by atoms with Crippen molar-refractivity contribution in [3.63, 3.8) is 0 Å². The summed E-state index contributed by atoms with van der Waals surface area (Å²) in [6.45, 7) is 10.8. The van der Waals surface area contributed by atoms with E-state index in [1.54, 1.807) is 39.0 Å². The van der Waals surface area contributed by atoms with Crippen LogP contribution in [0.25, 0.3) is 0 Å². The highest BCUT2D eigenvalue weighted by Gasteiger charge is 2.51. The summed E-state index contributed by atoms with van der Waals surface area (Å²) in [5.74, 6) is 0.544. The number of fused-ring (bicyclic) bond motifs is 1. The van der Waals surface area contributed by atoms with Gasteiger partial charge >= 0.3 is 29.1 Å². The molecule has 2 N–H and O–H groups in total. The lowest BCUT2D eigenvalue weighted by Gasteiger charge is -2.29. The second kappa shape index (κ2) is 16.0. The van der Waals surface area contributed by atoms with Crippen molar-refractivity contribution in [2.24, 2.45) is 14.1 Å². The van der Waals surface area contributed by atoms with Crippen LogP contribution in [-0.4, -0.2) is 96.4 Å². The van der Waals surface area contributed by atoms with Gasteiger partial charge in [0.25, 0.3) is 5.91 Å². The first-order chi connectivity index (χ1) is 21.6. The van der Waals surface area contributed by atoms with E-state index >= 15 is 0 Å². The van der Waals surface area contributed by atoms with Gasteiger partial charge in [-0.15, -0.1) is 6.58 Å². The molecule has 46 heavy (non-hydrogen) atoms. The molecule has 1 fully saturated rings. The van der Waals surface area contributed by atoms with Gasteiger partial charge in [-0.05, 0) is 44.9 Å². The first kappa shape index (κ1) is 37.5. The van der Waals surface area contributed by atoms with Crippen LogP contribution in [0.3, 0.4) is 0 Å². The van der Waals surface area contributed by atoms with Crippen molar-refractivity contribution in [3.05, 3.63) is 67.9 Å². The van der Waals surface area contributed by atoms with Crippen LogP contribution in [0.5, 0.6) is 11.5 Å². The van der Waals surface area contributed by atoms with Crippen molar-refractivity contribution < 1.29 is 38.8 Å². The molecular formula is C30H43N5O11. The molecule has 1 aromatic carbocycles. The molecule has 3 heterocycles. The number of methoxy groups -OCH3 is 1. The Morgan fingerprint density at radius 1 is 0.957 bits per heavy atom. The third kappa shape index (κ3) is 8.31. The Hall–Kier alpha value is -4.70. The molecular weight excluding hydrogens is 606 g/mol. The maximum Gasteiger partial charge on any atom is 0.337 e. The summed E-state index contributed by atoms with van der Waals surface area (Å²) in [4.78, 5) is 72.1. The molecule has 3 amide bonds. The van der Waals surface area contributed by atoms with Crippen LogP contribution in [0.15, 0.2) is 45.2 Å². The molecule has 1 aromatic heterocycles. The zero-order valence-corrected chi connectivity index (χ0v) is 27.2. The standard InChI is InChI=1S/C13H24N2O4.C9H8O4.C8H11N3O3/c1-5-9(16)7-14-11(18)13(3,4)15(12(14)19)8-10(17)6-2;1-11-9(10)6-2-3-7-8(4-6)13-5-12-7;1-4-5-11-7(13)9(2)6(12)10(3)8(11)14/h9-10,16-17H,5-8H2,1-4H3;2-4H,5H2,1H3;4H,1,5H2,2-3H3. The van der Waals surface area contributed by atoms with E-state index in [9.17, 15) is 39.0 Å². The number of urea groups is 1. The fourth-order valence-corrected chi connectivity index (χ4v) is 4.32. The first-order valence-electron chi connectivity index (χ1n) is 14.5.